The highest BCUT2D eigenvalue weighted by atomic mass is 32.2. The van der Waals surface area contributed by atoms with Crippen molar-refractivity contribution in [3.8, 4) is 17.5 Å². The van der Waals surface area contributed by atoms with Gasteiger partial charge in [0.1, 0.15) is 11.5 Å². The van der Waals surface area contributed by atoms with Crippen molar-refractivity contribution in [2.45, 2.75) is 74.9 Å². The summed E-state index contributed by atoms with van der Waals surface area (Å²) in [5.74, 6) is 3.86. The van der Waals surface area contributed by atoms with Gasteiger partial charge in [-0.05, 0) is 55.0 Å². The van der Waals surface area contributed by atoms with Crippen LogP contribution in [0.15, 0.2) is 72.1 Å². The van der Waals surface area contributed by atoms with E-state index in [0.717, 1.165) is 64.6 Å². The Morgan fingerprint density at radius 2 is 1.68 bits per heavy atom. The molecule has 250 valence electrons. The molecule has 0 unspecified atom stereocenters. The van der Waals surface area contributed by atoms with Gasteiger partial charge >= 0.3 is 6.01 Å². The van der Waals surface area contributed by atoms with Gasteiger partial charge in [-0.2, -0.15) is 0 Å². The summed E-state index contributed by atoms with van der Waals surface area (Å²) >= 11 is 1.85. The van der Waals surface area contributed by atoms with Crippen LogP contribution >= 0.6 is 11.8 Å². The first-order valence-electron chi connectivity index (χ1n) is 17.2. The number of ether oxygens (including phenoxy) is 4. The van der Waals surface area contributed by atoms with E-state index in [0.29, 0.717) is 25.1 Å². The monoisotopic (exact) mass is 656 g/mol. The summed E-state index contributed by atoms with van der Waals surface area (Å²) < 4.78 is 24.4. The zero-order chi connectivity index (χ0) is 32.3. The number of thioether (sulfide) groups is 1. The van der Waals surface area contributed by atoms with E-state index < -0.39 is 0 Å². The quantitative estimate of drug-likeness (QED) is 0.102. The Bertz CT molecular complexity index is 1530. The summed E-state index contributed by atoms with van der Waals surface area (Å²) in [6, 6.07) is 14.8. The smallest absolute Gasteiger partial charge is 0.316 e. The lowest BCUT2D eigenvalue weighted by atomic mass is 9.81. The maximum atomic E-state index is 6.78. The Labute approximate surface area is 283 Å². The van der Waals surface area contributed by atoms with E-state index in [1.54, 1.807) is 14.2 Å². The molecule has 2 aromatic heterocycles. The van der Waals surface area contributed by atoms with Crippen LogP contribution in [0.2, 0.25) is 0 Å². The van der Waals surface area contributed by atoms with Gasteiger partial charge in [0.05, 0.1) is 33.5 Å². The molecule has 8 nitrogen and oxygen atoms in total. The van der Waals surface area contributed by atoms with Crippen LogP contribution in [0.4, 0.5) is 0 Å². The molecule has 3 heterocycles. The molecule has 1 saturated carbocycles. The molecular formula is C38H48N4O4S. The van der Waals surface area contributed by atoms with E-state index in [-0.39, 0.29) is 12.0 Å². The molecule has 0 bridgehead atoms. The van der Waals surface area contributed by atoms with Gasteiger partial charge in [-0.1, -0.05) is 62.8 Å². The molecular weight excluding hydrogens is 609 g/mol. The SMILES string of the molecule is COc1cc(CO[C@H]2CNC[C@@H](CSc3ccncc3)[C@H]2c2cnc(OCCCCC3CCCCC3)nc2)c(OC)c2ccccc12. The van der Waals surface area contributed by atoms with Gasteiger partial charge in [0, 0.05) is 64.2 Å². The zero-order valence-electron chi connectivity index (χ0n) is 27.7. The van der Waals surface area contributed by atoms with Gasteiger partial charge in [-0.15, -0.1) is 11.8 Å². The molecule has 1 aliphatic heterocycles. The summed E-state index contributed by atoms with van der Waals surface area (Å²) in [6.07, 6.45) is 18.1. The van der Waals surface area contributed by atoms with E-state index >= 15 is 0 Å². The Kier molecular flexibility index (Phi) is 12.2. The number of aromatic nitrogens is 3. The Morgan fingerprint density at radius 1 is 0.894 bits per heavy atom. The van der Waals surface area contributed by atoms with Crippen molar-refractivity contribution < 1.29 is 18.9 Å². The Hall–Kier alpha value is -3.40. The lowest BCUT2D eigenvalue weighted by molar-refractivity contribution is -0.00353. The molecule has 47 heavy (non-hydrogen) atoms. The van der Waals surface area contributed by atoms with Crippen LogP contribution < -0.4 is 19.5 Å². The third-order valence-corrected chi connectivity index (χ3v) is 10.9. The van der Waals surface area contributed by atoms with Crippen LogP contribution in [0.5, 0.6) is 17.5 Å². The highest BCUT2D eigenvalue weighted by Crippen LogP contribution is 2.39. The minimum absolute atomic E-state index is 0.0934. The summed E-state index contributed by atoms with van der Waals surface area (Å²) in [7, 11) is 3.42. The first-order valence-corrected chi connectivity index (χ1v) is 18.1. The largest absolute Gasteiger partial charge is 0.496 e. The molecule has 2 aromatic carbocycles. The van der Waals surface area contributed by atoms with Crippen LogP contribution in [0.3, 0.4) is 0 Å². The second-order valence-corrected chi connectivity index (χ2v) is 13.8. The second kappa shape index (κ2) is 17.1. The molecule has 6 rings (SSSR count). The average Bonchev–Trinajstić information content (AvgIpc) is 3.13. The molecule has 1 N–H and O–H groups in total. The van der Waals surface area contributed by atoms with Crippen LogP contribution in [0.1, 0.15) is 68.4 Å². The lowest BCUT2D eigenvalue weighted by Crippen LogP contribution is -2.47. The maximum Gasteiger partial charge on any atom is 0.316 e. The molecule has 0 amide bonds. The first kappa shape index (κ1) is 33.5. The highest BCUT2D eigenvalue weighted by Gasteiger charge is 2.36. The maximum absolute atomic E-state index is 6.78. The minimum atomic E-state index is -0.0934. The van der Waals surface area contributed by atoms with Crippen LogP contribution in [0.25, 0.3) is 10.8 Å². The standard InChI is InChI=1S/C38H48N4O4S/c1-43-34-20-28(37(44-2)33-14-7-6-13-32(33)34)25-46-35-24-40-21-30(26-47-31-15-17-39-18-16-31)36(35)29-22-41-38(42-23-29)45-19-9-8-12-27-10-4-3-5-11-27/h6-7,13-18,20,22-23,27,30,35-36,40H,3-5,8-12,19,21,24-26H2,1-2H3/t30-,35-,36+/m0/s1. The van der Waals surface area contributed by atoms with Crippen molar-refractivity contribution in [3.63, 3.8) is 0 Å². The van der Waals surface area contributed by atoms with Crippen molar-refractivity contribution in [2.75, 3.05) is 39.7 Å². The second-order valence-electron chi connectivity index (χ2n) is 12.8. The predicted octanol–water partition coefficient (Wildman–Crippen LogP) is 7.85. The van der Waals surface area contributed by atoms with E-state index in [1.807, 2.05) is 54.7 Å². The molecule has 2 aliphatic rings. The van der Waals surface area contributed by atoms with Crippen LogP contribution in [-0.4, -0.2) is 60.7 Å². The summed E-state index contributed by atoms with van der Waals surface area (Å²) in [5, 5.41) is 5.67. The van der Waals surface area contributed by atoms with E-state index in [2.05, 4.69) is 44.5 Å². The number of rotatable bonds is 15. The number of piperidine rings is 1. The lowest BCUT2D eigenvalue weighted by Gasteiger charge is -2.38. The highest BCUT2D eigenvalue weighted by molar-refractivity contribution is 7.99. The molecule has 0 spiro atoms. The Morgan fingerprint density at radius 3 is 2.45 bits per heavy atom. The third kappa shape index (κ3) is 8.75. The van der Waals surface area contributed by atoms with Crippen molar-refractivity contribution in [1.82, 2.24) is 20.3 Å². The van der Waals surface area contributed by atoms with Crippen molar-refractivity contribution in [1.29, 1.82) is 0 Å². The Balaban J connectivity index is 1.15. The first-order chi connectivity index (χ1) is 23.2. The van der Waals surface area contributed by atoms with E-state index in [1.165, 1.54) is 49.8 Å². The van der Waals surface area contributed by atoms with E-state index in [9.17, 15) is 0 Å². The van der Waals surface area contributed by atoms with Crippen LogP contribution in [0, 0.1) is 11.8 Å². The molecule has 1 aliphatic carbocycles. The zero-order valence-corrected chi connectivity index (χ0v) is 28.6. The summed E-state index contributed by atoms with van der Waals surface area (Å²) in [4.78, 5) is 14.7. The fraction of sp³-hybridized carbons (Fsp3) is 0.500. The number of unbranched alkanes of at least 4 members (excludes halogenated alkanes) is 1. The van der Waals surface area contributed by atoms with Gasteiger partial charge in [-0.3, -0.25) is 4.98 Å². The number of nitrogens with one attached hydrogen (secondary N) is 1. The van der Waals surface area contributed by atoms with Crippen molar-refractivity contribution in [2.24, 2.45) is 11.8 Å². The molecule has 3 atom stereocenters. The van der Waals surface area contributed by atoms with Gasteiger partial charge in [0.25, 0.3) is 0 Å². The van der Waals surface area contributed by atoms with Gasteiger partial charge in [0.15, 0.2) is 0 Å². The fourth-order valence-corrected chi connectivity index (χ4v) is 8.30. The molecule has 1 saturated heterocycles. The van der Waals surface area contributed by atoms with Crippen molar-refractivity contribution in [3.05, 3.63) is 78.4 Å². The number of hydrogen-bond acceptors (Lipinski definition) is 9. The minimum Gasteiger partial charge on any atom is -0.496 e. The molecule has 4 aromatic rings. The topological polar surface area (TPSA) is 87.6 Å². The number of fused-ring (bicyclic) bond motifs is 1. The number of methoxy groups -OCH3 is 2. The van der Waals surface area contributed by atoms with E-state index in [4.69, 9.17) is 18.9 Å². The predicted molar refractivity (Wildman–Crippen MR) is 188 cm³/mol. The molecule has 9 heteroatoms. The van der Waals surface area contributed by atoms with Gasteiger partial charge in [-0.25, -0.2) is 9.97 Å². The average molecular weight is 657 g/mol. The van der Waals surface area contributed by atoms with Gasteiger partial charge < -0.3 is 24.3 Å². The van der Waals surface area contributed by atoms with Crippen molar-refractivity contribution >= 4 is 22.5 Å². The number of benzene rings is 2. The summed E-state index contributed by atoms with van der Waals surface area (Å²) in [5.41, 5.74) is 2.03. The number of pyridine rings is 1. The van der Waals surface area contributed by atoms with Gasteiger partial charge in [0.2, 0.25) is 0 Å². The summed E-state index contributed by atoms with van der Waals surface area (Å²) in [6.45, 7) is 2.66. The molecule has 0 radical (unpaired) electrons. The third-order valence-electron chi connectivity index (χ3n) is 9.68. The number of nitrogens with zero attached hydrogens (tertiary/aromatic N) is 3. The normalized spacial score (nSPS) is 20.3. The molecule has 2 fully saturated rings. The number of hydrogen-bond donors (Lipinski definition) is 1. The van der Waals surface area contributed by atoms with Crippen LogP contribution in [-0.2, 0) is 11.3 Å². The fourth-order valence-electron chi connectivity index (χ4n) is 7.25.